The topological polar surface area (TPSA) is 101 Å². The summed E-state index contributed by atoms with van der Waals surface area (Å²) in [6, 6.07) is 11.6. The summed E-state index contributed by atoms with van der Waals surface area (Å²) in [7, 11) is 1.56. The summed E-state index contributed by atoms with van der Waals surface area (Å²) in [4.78, 5) is 44.8. The lowest BCUT2D eigenvalue weighted by Crippen LogP contribution is -2.48. The number of rotatable bonds is 12. The molecule has 1 saturated carbocycles. The maximum absolute atomic E-state index is 13.5. The number of benzene rings is 1. The van der Waals surface area contributed by atoms with Crippen LogP contribution in [0.2, 0.25) is 5.02 Å². The number of halogens is 1. The molecule has 2 aromatic rings. The number of aromatic nitrogens is 1. The third kappa shape index (κ3) is 8.60. The van der Waals surface area contributed by atoms with Crippen LogP contribution in [0.25, 0.3) is 0 Å². The van der Waals surface area contributed by atoms with E-state index in [4.69, 9.17) is 16.3 Å². The Hall–Kier alpha value is -2.97. The fourth-order valence-corrected chi connectivity index (χ4v) is 4.54. The Morgan fingerprint density at radius 2 is 1.83 bits per heavy atom. The van der Waals surface area contributed by atoms with Crippen LogP contribution in [0, 0.1) is 0 Å². The molecule has 8 nitrogen and oxygen atoms in total. The lowest BCUT2D eigenvalue weighted by molar-refractivity contribution is -0.142. The number of pyridine rings is 1. The van der Waals surface area contributed by atoms with E-state index in [0.29, 0.717) is 22.8 Å². The van der Waals surface area contributed by atoms with E-state index in [-0.39, 0.29) is 49.8 Å². The van der Waals surface area contributed by atoms with Crippen LogP contribution in [0.3, 0.4) is 0 Å². The summed E-state index contributed by atoms with van der Waals surface area (Å²) in [6.45, 7) is 0.535. The highest BCUT2D eigenvalue weighted by Crippen LogP contribution is 2.26. The second-order valence-corrected chi connectivity index (χ2v) is 9.43. The summed E-state index contributed by atoms with van der Waals surface area (Å²) < 4.78 is 5.25. The first-order chi connectivity index (χ1) is 17.5. The molecule has 0 bridgehead atoms. The van der Waals surface area contributed by atoms with Gasteiger partial charge in [-0.2, -0.15) is 0 Å². The SMILES string of the molecule is COCCN(C(=O)CCCC(=O)Nc1ccccn1)C(C(=O)NC1CCCCC1)c1ccc(Cl)cc1. The molecule has 1 aromatic heterocycles. The molecule has 1 heterocycles. The monoisotopic (exact) mass is 514 g/mol. The second-order valence-electron chi connectivity index (χ2n) is 8.99. The zero-order valence-electron chi connectivity index (χ0n) is 20.7. The lowest BCUT2D eigenvalue weighted by atomic mass is 9.94. The van der Waals surface area contributed by atoms with Gasteiger partial charge in [0.05, 0.1) is 6.61 Å². The minimum Gasteiger partial charge on any atom is -0.383 e. The van der Waals surface area contributed by atoms with Crippen LogP contribution in [0.15, 0.2) is 48.7 Å². The third-order valence-electron chi connectivity index (χ3n) is 6.28. The number of hydrogen-bond donors (Lipinski definition) is 2. The van der Waals surface area contributed by atoms with Crippen molar-refractivity contribution in [2.75, 3.05) is 25.6 Å². The van der Waals surface area contributed by atoms with Gasteiger partial charge >= 0.3 is 0 Å². The fourth-order valence-electron chi connectivity index (χ4n) is 4.42. The van der Waals surface area contributed by atoms with Gasteiger partial charge in [-0.1, -0.05) is 49.1 Å². The molecule has 0 aliphatic heterocycles. The van der Waals surface area contributed by atoms with Crippen molar-refractivity contribution in [3.63, 3.8) is 0 Å². The molecule has 1 atom stereocenters. The summed E-state index contributed by atoms with van der Waals surface area (Å²) in [5, 5.41) is 6.45. The van der Waals surface area contributed by atoms with E-state index in [1.165, 1.54) is 6.42 Å². The minimum atomic E-state index is -0.811. The number of ether oxygens (including phenoxy) is 1. The highest BCUT2D eigenvalue weighted by atomic mass is 35.5. The summed E-state index contributed by atoms with van der Waals surface area (Å²) >= 11 is 6.09. The Balaban J connectivity index is 1.70. The number of nitrogens with one attached hydrogen (secondary N) is 2. The number of amides is 3. The number of hydrogen-bond acceptors (Lipinski definition) is 5. The van der Waals surface area contributed by atoms with Gasteiger partial charge in [0.1, 0.15) is 11.9 Å². The molecular weight excluding hydrogens is 480 g/mol. The maximum Gasteiger partial charge on any atom is 0.247 e. The average molecular weight is 515 g/mol. The van der Waals surface area contributed by atoms with Crippen molar-refractivity contribution in [1.29, 1.82) is 0 Å². The molecule has 1 aliphatic carbocycles. The average Bonchev–Trinajstić information content (AvgIpc) is 2.88. The molecule has 1 aromatic carbocycles. The largest absolute Gasteiger partial charge is 0.383 e. The van der Waals surface area contributed by atoms with E-state index in [2.05, 4.69) is 15.6 Å². The molecule has 2 N–H and O–H groups in total. The van der Waals surface area contributed by atoms with Gasteiger partial charge in [0.2, 0.25) is 17.7 Å². The molecule has 1 unspecified atom stereocenters. The molecule has 36 heavy (non-hydrogen) atoms. The molecule has 1 fully saturated rings. The fraction of sp³-hybridized carbons (Fsp3) is 0.481. The van der Waals surface area contributed by atoms with Crippen molar-refractivity contribution in [1.82, 2.24) is 15.2 Å². The maximum atomic E-state index is 13.5. The van der Waals surface area contributed by atoms with Crippen molar-refractivity contribution in [2.45, 2.75) is 63.5 Å². The van der Waals surface area contributed by atoms with Crippen LogP contribution in [0.5, 0.6) is 0 Å². The smallest absolute Gasteiger partial charge is 0.247 e. The molecular formula is C27H35ClN4O4. The van der Waals surface area contributed by atoms with Crippen LogP contribution < -0.4 is 10.6 Å². The standard InChI is InChI=1S/C27H35ClN4O4/c1-36-19-18-32(25(34)12-7-11-24(33)31-23-10-5-6-17-29-23)26(20-13-15-21(28)16-14-20)27(35)30-22-8-3-2-4-9-22/h5-6,10,13-17,22,26H,2-4,7-9,11-12,18-19H2,1H3,(H,30,35)(H,29,31,33). The number of methoxy groups -OCH3 is 1. The third-order valence-corrected chi connectivity index (χ3v) is 6.53. The van der Waals surface area contributed by atoms with Crippen molar-refractivity contribution in [3.8, 4) is 0 Å². The van der Waals surface area contributed by atoms with Gasteiger partial charge in [-0.3, -0.25) is 14.4 Å². The van der Waals surface area contributed by atoms with Crippen LogP contribution >= 0.6 is 11.6 Å². The number of nitrogens with zero attached hydrogens (tertiary/aromatic N) is 2. The predicted molar refractivity (Wildman–Crippen MR) is 140 cm³/mol. The lowest BCUT2D eigenvalue weighted by Gasteiger charge is -2.33. The van der Waals surface area contributed by atoms with E-state index in [1.54, 1.807) is 60.7 Å². The quantitative estimate of drug-likeness (QED) is 0.434. The van der Waals surface area contributed by atoms with Crippen LogP contribution in [-0.4, -0.2) is 53.9 Å². The molecule has 9 heteroatoms. The minimum absolute atomic E-state index is 0.107. The first kappa shape index (κ1) is 27.6. The summed E-state index contributed by atoms with van der Waals surface area (Å²) in [6.07, 6.45) is 7.47. The predicted octanol–water partition coefficient (Wildman–Crippen LogP) is 4.51. The van der Waals surface area contributed by atoms with E-state index >= 15 is 0 Å². The van der Waals surface area contributed by atoms with E-state index in [9.17, 15) is 14.4 Å². The van der Waals surface area contributed by atoms with Crippen LogP contribution in [0.4, 0.5) is 5.82 Å². The van der Waals surface area contributed by atoms with Crippen LogP contribution in [-0.2, 0) is 19.1 Å². The summed E-state index contributed by atoms with van der Waals surface area (Å²) in [5.41, 5.74) is 0.685. The molecule has 3 amide bonds. The van der Waals surface area contributed by atoms with Gasteiger partial charge in [0, 0.05) is 43.8 Å². The second kappa shape index (κ2) is 14.6. The zero-order chi connectivity index (χ0) is 25.8. The number of carbonyl (C=O) groups is 3. The van der Waals surface area contributed by atoms with Gasteiger partial charge in [-0.05, 0) is 49.1 Å². The van der Waals surface area contributed by atoms with Gasteiger partial charge in [0.15, 0.2) is 0 Å². The van der Waals surface area contributed by atoms with Crippen molar-refractivity contribution < 1.29 is 19.1 Å². The van der Waals surface area contributed by atoms with Crippen molar-refractivity contribution >= 4 is 35.1 Å². The van der Waals surface area contributed by atoms with Gasteiger partial charge in [-0.25, -0.2) is 4.98 Å². The van der Waals surface area contributed by atoms with E-state index in [0.717, 1.165) is 25.7 Å². The highest BCUT2D eigenvalue weighted by Gasteiger charge is 2.32. The highest BCUT2D eigenvalue weighted by molar-refractivity contribution is 6.30. The zero-order valence-corrected chi connectivity index (χ0v) is 21.5. The Morgan fingerprint density at radius 3 is 2.50 bits per heavy atom. The van der Waals surface area contributed by atoms with Gasteiger partial charge in [-0.15, -0.1) is 0 Å². The molecule has 0 saturated heterocycles. The first-order valence-corrected chi connectivity index (χ1v) is 12.9. The summed E-state index contributed by atoms with van der Waals surface area (Å²) in [5.74, 6) is -0.162. The molecule has 194 valence electrons. The molecule has 3 rings (SSSR count). The Labute approximate surface area is 217 Å². The van der Waals surface area contributed by atoms with Crippen molar-refractivity contribution in [2.24, 2.45) is 0 Å². The number of anilines is 1. The Kier molecular flexibility index (Phi) is 11.2. The molecule has 0 radical (unpaired) electrons. The normalized spacial score (nSPS) is 14.6. The van der Waals surface area contributed by atoms with E-state index < -0.39 is 6.04 Å². The van der Waals surface area contributed by atoms with E-state index in [1.807, 2.05) is 0 Å². The first-order valence-electron chi connectivity index (χ1n) is 12.5. The Bertz CT molecular complexity index is 981. The molecule has 1 aliphatic rings. The Morgan fingerprint density at radius 1 is 1.08 bits per heavy atom. The van der Waals surface area contributed by atoms with Crippen LogP contribution in [0.1, 0.15) is 63.0 Å². The van der Waals surface area contributed by atoms with Gasteiger partial charge in [0.25, 0.3) is 0 Å². The van der Waals surface area contributed by atoms with Gasteiger partial charge < -0.3 is 20.3 Å². The number of carbonyl (C=O) groups excluding carboxylic acids is 3. The molecule has 0 spiro atoms. The van der Waals surface area contributed by atoms with Crippen molar-refractivity contribution in [3.05, 3.63) is 59.2 Å².